The molecule has 2 fully saturated rings. The second-order valence-corrected chi connectivity index (χ2v) is 3.52. The Bertz CT molecular complexity index is 235. The molecule has 1 heterocycles. The number of rotatable bonds is 1. The van der Waals surface area contributed by atoms with Crippen molar-refractivity contribution in [2.75, 3.05) is 6.61 Å². The third-order valence-electron chi connectivity index (χ3n) is 2.74. The van der Waals surface area contributed by atoms with Gasteiger partial charge in [0.2, 0.25) is 0 Å². The first-order valence-electron chi connectivity index (χ1n) is 4.08. The van der Waals surface area contributed by atoms with Crippen LogP contribution in [0.3, 0.4) is 0 Å². The van der Waals surface area contributed by atoms with E-state index >= 15 is 0 Å². The lowest BCUT2D eigenvalue weighted by Crippen LogP contribution is -2.28. The summed E-state index contributed by atoms with van der Waals surface area (Å²) in [6.45, 7) is 0.416. The van der Waals surface area contributed by atoms with Gasteiger partial charge in [-0.05, 0) is 18.8 Å². The molecule has 0 amide bonds. The topological polar surface area (TPSA) is 63.6 Å². The number of ether oxygens (including phenoxy) is 1. The number of esters is 1. The molecule has 2 aliphatic rings. The Morgan fingerprint density at radius 1 is 1.50 bits per heavy atom. The van der Waals surface area contributed by atoms with Crippen molar-refractivity contribution < 1.29 is 19.4 Å². The van der Waals surface area contributed by atoms with Crippen LogP contribution in [-0.2, 0) is 14.3 Å². The van der Waals surface area contributed by atoms with Gasteiger partial charge >= 0.3 is 11.9 Å². The van der Waals surface area contributed by atoms with Gasteiger partial charge in [-0.15, -0.1) is 0 Å². The van der Waals surface area contributed by atoms with E-state index in [1.807, 2.05) is 0 Å². The summed E-state index contributed by atoms with van der Waals surface area (Å²) in [4.78, 5) is 21.8. The quantitative estimate of drug-likeness (QED) is 0.574. The van der Waals surface area contributed by atoms with Gasteiger partial charge in [-0.3, -0.25) is 9.59 Å². The van der Waals surface area contributed by atoms with Crippen LogP contribution in [0.25, 0.3) is 0 Å². The molecule has 3 atom stereocenters. The summed E-state index contributed by atoms with van der Waals surface area (Å²) in [6, 6.07) is 0. The van der Waals surface area contributed by atoms with Gasteiger partial charge in [0.15, 0.2) is 0 Å². The number of carboxylic acids is 1. The van der Waals surface area contributed by atoms with E-state index in [9.17, 15) is 9.59 Å². The largest absolute Gasteiger partial charge is 0.481 e. The van der Waals surface area contributed by atoms with E-state index in [-0.39, 0.29) is 17.8 Å². The van der Waals surface area contributed by atoms with Crippen LogP contribution < -0.4 is 0 Å². The van der Waals surface area contributed by atoms with Crippen molar-refractivity contribution in [2.45, 2.75) is 12.8 Å². The standard InChI is InChI=1S/C8H10O4/c9-7(10)5-1-4-2-6(5)8(11)12-3-4/h4-6H,1-3H2,(H,9,10)/t4-,5+,6-/m1/s1. The molecular weight excluding hydrogens is 160 g/mol. The molecule has 1 aliphatic carbocycles. The number of aliphatic carboxylic acids is 1. The van der Waals surface area contributed by atoms with Crippen LogP contribution >= 0.6 is 0 Å². The average molecular weight is 170 g/mol. The summed E-state index contributed by atoms with van der Waals surface area (Å²) in [6.07, 6.45) is 1.31. The molecule has 2 bridgehead atoms. The smallest absolute Gasteiger partial charge is 0.309 e. The lowest BCUT2D eigenvalue weighted by atomic mass is 9.96. The van der Waals surface area contributed by atoms with Crippen LogP contribution in [0.1, 0.15) is 12.8 Å². The first kappa shape index (κ1) is 7.58. The number of carbonyl (C=O) groups is 2. The van der Waals surface area contributed by atoms with Gasteiger partial charge in [-0.1, -0.05) is 0 Å². The number of hydrogen-bond donors (Lipinski definition) is 1. The molecule has 66 valence electrons. The highest BCUT2D eigenvalue weighted by molar-refractivity contribution is 5.82. The van der Waals surface area contributed by atoms with Crippen LogP contribution in [0.15, 0.2) is 0 Å². The Balaban J connectivity index is 2.19. The highest BCUT2D eigenvalue weighted by Gasteiger charge is 2.47. The Labute approximate surface area is 69.5 Å². The Morgan fingerprint density at radius 3 is 2.92 bits per heavy atom. The second-order valence-electron chi connectivity index (χ2n) is 3.52. The zero-order valence-corrected chi connectivity index (χ0v) is 6.53. The molecule has 12 heavy (non-hydrogen) atoms. The number of fused-ring (bicyclic) bond motifs is 2. The number of hydrogen-bond acceptors (Lipinski definition) is 3. The second kappa shape index (κ2) is 2.47. The Kier molecular flexibility index (Phi) is 1.56. The highest BCUT2D eigenvalue weighted by Crippen LogP contribution is 2.40. The van der Waals surface area contributed by atoms with Crippen molar-refractivity contribution in [3.05, 3.63) is 0 Å². The van der Waals surface area contributed by atoms with E-state index in [1.165, 1.54) is 0 Å². The van der Waals surface area contributed by atoms with Crippen molar-refractivity contribution in [3.63, 3.8) is 0 Å². The van der Waals surface area contributed by atoms with Gasteiger partial charge in [0, 0.05) is 0 Å². The average Bonchev–Trinajstić information content (AvgIpc) is 2.37. The molecular formula is C8H10O4. The molecule has 1 aliphatic heterocycles. The van der Waals surface area contributed by atoms with Crippen molar-refractivity contribution in [1.29, 1.82) is 0 Å². The maximum atomic E-state index is 11.1. The number of cyclic esters (lactones) is 1. The monoisotopic (exact) mass is 170 g/mol. The zero-order chi connectivity index (χ0) is 8.72. The summed E-state index contributed by atoms with van der Waals surface area (Å²) in [5, 5.41) is 8.77. The molecule has 0 spiro atoms. The van der Waals surface area contributed by atoms with Crippen molar-refractivity contribution in [1.82, 2.24) is 0 Å². The van der Waals surface area contributed by atoms with Crippen LogP contribution in [-0.4, -0.2) is 23.7 Å². The van der Waals surface area contributed by atoms with Crippen LogP contribution in [0.5, 0.6) is 0 Å². The van der Waals surface area contributed by atoms with Gasteiger partial charge in [0.25, 0.3) is 0 Å². The third kappa shape index (κ3) is 0.983. The summed E-state index contributed by atoms with van der Waals surface area (Å²) < 4.78 is 4.84. The minimum atomic E-state index is -0.860. The molecule has 0 radical (unpaired) electrons. The molecule has 0 aromatic rings. The van der Waals surface area contributed by atoms with Crippen LogP contribution in [0.4, 0.5) is 0 Å². The maximum Gasteiger partial charge on any atom is 0.309 e. The summed E-state index contributed by atoms with van der Waals surface area (Å²) in [7, 11) is 0. The fourth-order valence-corrected chi connectivity index (χ4v) is 2.12. The molecule has 0 unspecified atom stereocenters. The maximum absolute atomic E-state index is 11.1. The van der Waals surface area contributed by atoms with Crippen molar-refractivity contribution in [3.8, 4) is 0 Å². The molecule has 1 saturated carbocycles. The molecule has 4 heteroatoms. The zero-order valence-electron chi connectivity index (χ0n) is 6.53. The fourth-order valence-electron chi connectivity index (χ4n) is 2.12. The molecule has 4 nitrogen and oxygen atoms in total. The lowest BCUT2D eigenvalue weighted by Gasteiger charge is -2.18. The van der Waals surface area contributed by atoms with Crippen LogP contribution in [0.2, 0.25) is 0 Å². The third-order valence-corrected chi connectivity index (χ3v) is 2.74. The van der Waals surface area contributed by atoms with Gasteiger partial charge in [-0.2, -0.15) is 0 Å². The number of carboxylic acid groups (broad SMARTS) is 1. The van der Waals surface area contributed by atoms with Gasteiger partial charge in [-0.25, -0.2) is 0 Å². The molecule has 0 aromatic carbocycles. The van der Waals surface area contributed by atoms with Gasteiger partial charge < -0.3 is 9.84 Å². The van der Waals surface area contributed by atoms with E-state index in [0.717, 1.165) is 0 Å². The molecule has 0 aromatic heterocycles. The minimum Gasteiger partial charge on any atom is -0.481 e. The SMILES string of the molecule is O=C(O)[C@H]1C[C@H]2COC(=O)[C@@H]1C2. The first-order chi connectivity index (χ1) is 5.68. The van der Waals surface area contributed by atoms with Crippen LogP contribution in [0, 0.1) is 17.8 Å². The highest BCUT2D eigenvalue weighted by atomic mass is 16.5. The first-order valence-corrected chi connectivity index (χ1v) is 4.08. The lowest BCUT2D eigenvalue weighted by molar-refractivity contribution is -0.158. The molecule has 1 saturated heterocycles. The summed E-state index contributed by atoms with van der Waals surface area (Å²) >= 11 is 0. The van der Waals surface area contributed by atoms with E-state index in [2.05, 4.69) is 0 Å². The van der Waals surface area contributed by atoms with E-state index in [4.69, 9.17) is 9.84 Å². The van der Waals surface area contributed by atoms with E-state index in [0.29, 0.717) is 19.4 Å². The minimum absolute atomic E-state index is 0.286. The summed E-state index contributed by atoms with van der Waals surface area (Å²) in [5.41, 5.74) is 0. The fraction of sp³-hybridized carbons (Fsp3) is 0.750. The molecule has 2 rings (SSSR count). The Morgan fingerprint density at radius 2 is 2.25 bits per heavy atom. The van der Waals surface area contributed by atoms with Crippen molar-refractivity contribution in [2.24, 2.45) is 17.8 Å². The molecule has 1 N–H and O–H groups in total. The summed E-state index contributed by atoms with van der Waals surface area (Å²) in [5.74, 6) is -1.77. The number of carbonyl (C=O) groups excluding carboxylic acids is 1. The van der Waals surface area contributed by atoms with E-state index < -0.39 is 11.9 Å². The predicted octanol–water partition coefficient (Wildman–Crippen LogP) is 0.270. The van der Waals surface area contributed by atoms with E-state index in [1.54, 1.807) is 0 Å². The normalized spacial score (nSPS) is 39.3. The van der Waals surface area contributed by atoms with Crippen molar-refractivity contribution >= 4 is 11.9 Å². The Hall–Kier alpha value is -1.06. The van der Waals surface area contributed by atoms with Gasteiger partial charge in [0.05, 0.1) is 18.4 Å². The van der Waals surface area contributed by atoms with Gasteiger partial charge in [0.1, 0.15) is 0 Å². The predicted molar refractivity (Wildman–Crippen MR) is 38.3 cm³/mol.